The van der Waals surface area contributed by atoms with Crippen molar-refractivity contribution in [2.24, 2.45) is 10.5 Å². The molecule has 9 heteroatoms. The van der Waals surface area contributed by atoms with Gasteiger partial charge in [0.1, 0.15) is 5.75 Å². The number of carbonyl (C=O) groups is 1. The first-order chi connectivity index (χ1) is 13.0. The first-order valence-electron chi connectivity index (χ1n) is 8.33. The average Bonchev–Trinajstić information content (AvgIpc) is 2.65. The number of nitrogens with zero attached hydrogens (tertiary/aromatic N) is 2. The van der Waals surface area contributed by atoms with Gasteiger partial charge >= 0.3 is 13.7 Å². The Bertz CT molecular complexity index is 888. The maximum Gasteiger partial charge on any atom is 0.511 e. The zero-order valence-corrected chi connectivity index (χ0v) is 15.7. The number of hydrogen-bond donors (Lipinski definition) is 1. The van der Waals surface area contributed by atoms with Crippen molar-refractivity contribution in [2.45, 2.75) is 20.0 Å². The van der Waals surface area contributed by atoms with Gasteiger partial charge in [-0.1, -0.05) is 48.5 Å². The van der Waals surface area contributed by atoms with E-state index < -0.39 is 13.7 Å². The highest BCUT2D eigenvalue weighted by Crippen LogP contribution is 2.54. The van der Waals surface area contributed by atoms with Crippen molar-refractivity contribution >= 4 is 19.7 Å². The minimum Gasteiger partial charge on any atom is -0.407 e. The molecule has 142 valence electrons. The van der Waals surface area contributed by atoms with Crippen molar-refractivity contribution in [1.29, 1.82) is 0 Å². The molecule has 2 aromatic carbocycles. The quantitative estimate of drug-likeness (QED) is 0.371. The van der Waals surface area contributed by atoms with Gasteiger partial charge in [0, 0.05) is 12.5 Å². The fourth-order valence-electron chi connectivity index (χ4n) is 2.48. The fourth-order valence-corrected chi connectivity index (χ4v) is 3.71. The molecule has 8 nitrogen and oxygen atoms in total. The number of benzene rings is 2. The Kier molecular flexibility index (Phi) is 5.78. The number of fused-ring (bicyclic) bond motifs is 1. The fraction of sp³-hybridized carbons (Fsp3) is 0.222. The second-order valence-electron chi connectivity index (χ2n) is 5.82. The highest BCUT2D eigenvalue weighted by atomic mass is 31.2. The lowest BCUT2D eigenvalue weighted by molar-refractivity contribution is -0.170. The molecule has 0 bridgehead atoms. The zero-order chi connectivity index (χ0) is 19.3. The van der Waals surface area contributed by atoms with Crippen LogP contribution in [0.25, 0.3) is 0 Å². The first kappa shape index (κ1) is 18.9. The number of hydrogen-bond acceptors (Lipinski definition) is 5. The maximum atomic E-state index is 12.8. The van der Waals surface area contributed by atoms with Crippen LogP contribution in [0.5, 0.6) is 5.75 Å². The summed E-state index contributed by atoms with van der Waals surface area (Å²) in [5.41, 5.74) is 7.72. The smallest absolute Gasteiger partial charge is 0.407 e. The Morgan fingerprint density at radius 3 is 2.67 bits per heavy atom. The van der Waals surface area contributed by atoms with Gasteiger partial charge in [-0.05, 0) is 18.1 Å². The molecule has 1 aliphatic heterocycles. The Balaban J connectivity index is 1.75. The molecule has 1 heterocycles. The molecule has 27 heavy (non-hydrogen) atoms. The van der Waals surface area contributed by atoms with Gasteiger partial charge < -0.3 is 15.1 Å². The minimum absolute atomic E-state index is 0.0851. The zero-order valence-electron chi connectivity index (χ0n) is 14.8. The van der Waals surface area contributed by atoms with Crippen LogP contribution in [0.2, 0.25) is 0 Å². The summed E-state index contributed by atoms with van der Waals surface area (Å²) in [6.45, 7) is 1.56. The Hall–Kier alpha value is -2.83. The lowest BCUT2D eigenvalue weighted by atomic mass is 10.1. The molecule has 2 N–H and O–H groups in total. The van der Waals surface area contributed by atoms with Crippen molar-refractivity contribution in [1.82, 2.24) is 5.06 Å². The second-order valence-corrected chi connectivity index (χ2v) is 7.40. The van der Waals surface area contributed by atoms with E-state index in [1.165, 1.54) is 6.92 Å². The third-order valence-corrected chi connectivity index (χ3v) is 5.07. The Morgan fingerprint density at radius 1 is 1.22 bits per heavy atom. The molecular formula is C18H20N3O5P. The molecule has 3 rings (SSSR count). The van der Waals surface area contributed by atoms with Crippen molar-refractivity contribution in [3.8, 4) is 5.75 Å². The van der Waals surface area contributed by atoms with Crippen molar-refractivity contribution < 1.29 is 23.2 Å². The largest absolute Gasteiger partial charge is 0.511 e. The number of rotatable bonds is 4. The SMILES string of the molecule is CC(=O)ON(CCc1ccccc1)/C(N)=N\P1(=O)OCc2ccccc2O1. The molecule has 0 fully saturated rings. The van der Waals surface area contributed by atoms with E-state index >= 15 is 0 Å². The summed E-state index contributed by atoms with van der Waals surface area (Å²) in [5, 5.41) is 1.09. The molecule has 1 atom stereocenters. The molecule has 0 aliphatic carbocycles. The molecular weight excluding hydrogens is 369 g/mol. The van der Waals surface area contributed by atoms with E-state index in [0.29, 0.717) is 12.2 Å². The minimum atomic E-state index is -3.86. The van der Waals surface area contributed by atoms with Gasteiger partial charge in [-0.3, -0.25) is 9.32 Å². The molecule has 1 unspecified atom stereocenters. The van der Waals surface area contributed by atoms with Gasteiger partial charge in [0.25, 0.3) is 0 Å². The Morgan fingerprint density at radius 2 is 1.93 bits per heavy atom. The summed E-state index contributed by atoms with van der Waals surface area (Å²) in [6, 6.07) is 16.6. The third-order valence-electron chi connectivity index (χ3n) is 3.74. The van der Waals surface area contributed by atoms with Crippen LogP contribution in [0.3, 0.4) is 0 Å². The molecule has 0 saturated carbocycles. The van der Waals surface area contributed by atoms with Crippen LogP contribution in [-0.2, 0) is 31.7 Å². The molecule has 2 aromatic rings. The molecule has 0 radical (unpaired) electrons. The van der Waals surface area contributed by atoms with Gasteiger partial charge in [0.05, 0.1) is 13.2 Å². The van der Waals surface area contributed by atoms with E-state index in [4.69, 9.17) is 19.6 Å². The van der Waals surface area contributed by atoms with E-state index in [-0.39, 0.29) is 19.1 Å². The normalized spacial score (nSPS) is 18.9. The van der Waals surface area contributed by atoms with E-state index in [1.807, 2.05) is 36.4 Å². The van der Waals surface area contributed by atoms with Crippen LogP contribution >= 0.6 is 7.75 Å². The van der Waals surface area contributed by atoms with Gasteiger partial charge in [-0.25, -0.2) is 4.57 Å². The van der Waals surface area contributed by atoms with Gasteiger partial charge in [0.2, 0.25) is 5.96 Å². The summed E-state index contributed by atoms with van der Waals surface area (Å²) in [4.78, 5) is 16.5. The Labute approximate surface area is 157 Å². The van der Waals surface area contributed by atoms with Crippen LogP contribution < -0.4 is 10.3 Å². The molecule has 0 spiro atoms. The highest BCUT2D eigenvalue weighted by Gasteiger charge is 2.33. The molecule has 0 saturated heterocycles. The average molecular weight is 389 g/mol. The van der Waals surface area contributed by atoms with Gasteiger partial charge in [-0.2, -0.15) is 5.06 Å². The lowest BCUT2D eigenvalue weighted by Gasteiger charge is -2.25. The standard InChI is InChI=1S/C18H20N3O5P/c1-14(22)25-21(12-11-15-7-3-2-4-8-15)18(19)20-27(23)24-13-16-9-5-6-10-17(16)26-27/h2-10H,11-13H2,1H3,(H2,19,20,23). The third kappa shape index (κ3) is 5.09. The van der Waals surface area contributed by atoms with Crippen LogP contribution in [0.1, 0.15) is 18.1 Å². The predicted molar refractivity (Wildman–Crippen MR) is 99.7 cm³/mol. The van der Waals surface area contributed by atoms with E-state index in [9.17, 15) is 9.36 Å². The summed E-state index contributed by atoms with van der Waals surface area (Å²) in [7, 11) is -3.86. The van der Waals surface area contributed by atoms with Gasteiger partial charge in [-0.15, -0.1) is 4.76 Å². The van der Waals surface area contributed by atoms with Crippen LogP contribution in [0.4, 0.5) is 0 Å². The summed E-state index contributed by atoms with van der Waals surface area (Å²) in [5.74, 6) is -0.411. The summed E-state index contributed by atoms with van der Waals surface area (Å²) in [6.07, 6.45) is 0.541. The number of carbonyl (C=O) groups excluding carboxylic acids is 1. The summed E-state index contributed by atoms with van der Waals surface area (Å²) >= 11 is 0. The number of para-hydroxylation sites is 1. The van der Waals surface area contributed by atoms with Crippen molar-refractivity contribution in [2.75, 3.05) is 6.54 Å². The first-order valence-corrected chi connectivity index (χ1v) is 9.82. The van der Waals surface area contributed by atoms with E-state index in [2.05, 4.69) is 4.76 Å². The maximum absolute atomic E-state index is 12.8. The lowest BCUT2D eigenvalue weighted by Crippen LogP contribution is -2.40. The van der Waals surface area contributed by atoms with Crippen LogP contribution in [0.15, 0.2) is 59.4 Å². The second kappa shape index (κ2) is 8.24. The molecule has 0 amide bonds. The number of hydroxylamine groups is 2. The predicted octanol–water partition coefficient (Wildman–Crippen LogP) is 3.04. The monoisotopic (exact) mass is 389 g/mol. The molecule has 0 aromatic heterocycles. The molecule has 1 aliphatic rings. The van der Waals surface area contributed by atoms with E-state index in [0.717, 1.165) is 16.2 Å². The van der Waals surface area contributed by atoms with Crippen molar-refractivity contribution in [3.63, 3.8) is 0 Å². The summed E-state index contributed by atoms with van der Waals surface area (Å²) < 4.78 is 27.4. The van der Waals surface area contributed by atoms with Gasteiger partial charge in [0.15, 0.2) is 0 Å². The van der Waals surface area contributed by atoms with E-state index in [1.54, 1.807) is 18.2 Å². The topological polar surface area (TPSA) is 103 Å². The highest BCUT2D eigenvalue weighted by molar-refractivity contribution is 7.53. The van der Waals surface area contributed by atoms with Crippen LogP contribution in [-0.4, -0.2) is 23.5 Å². The number of guanidine groups is 1. The van der Waals surface area contributed by atoms with Crippen LogP contribution in [0, 0.1) is 0 Å². The van der Waals surface area contributed by atoms with Crippen molar-refractivity contribution in [3.05, 3.63) is 65.7 Å². The number of nitrogens with two attached hydrogens (primary N) is 1.